The maximum Gasteiger partial charge on any atom is 0.270 e. The highest BCUT2D eigenvalue weighted by Gasteiger charge is 2.62. The summed E-state index contributed by atoms with van der Waals surface area (Å²) < 4.78 is 1.57. The minimum atomic E-state index is -1.51. The summed E-state index contributed by atoms with van der Waals surface area (Å²) in [6.07, 6.45) is -1.11. The normalized spacial score (nSPS) is 19.7. The van der Waals surface area contributed by atoms with E-state index in [9.17, 15) is 14.7 Å². The van der Waals surface area contributed by atoms with Gasteiger partial charge in [0.2, 0.25) is 5.91 Å². The average molecular weight is 467 g/mol. The predicted octanol–water partition coefficient (Wildman–Crippen LogP) is 3.35. The molecular weight excluding hydrogens is 440 g/mol. The van der Waals surface area contributed by atoms with Crippen LogP contribution in [0.2, 0.25) is 0 Å². The zero-order chi connectivity index (χ0) is 24.6. The maximum absolute atomic E-state index is 13.5. The molecule has 4 N–H and O–H groups in total. The topological polar surface area (TPSA) is 110 Å². The smallest absolute Gasteiger partial charge is 0.270 e. The molecule has 0 radical (unpaired) electrons. The third kappa shape index (κ3) is 4.22. The number of aliphatic hydroxyl groups excluding tert-OH is 1. The summed E-state index contributed by atoms with van der Waals surface area (Å²) in [5.74, 6) is -1.53. The first-order valence-corrected chi connectivity index (χ1v) is 11.5. The van der Waals surface area contributed by atoms with Crippen molar-refractivity contribution in [1.82, 2.24) is 15.1 Å². The van der Waals surface area contributed by atoms with E-state index in [1.54, 1.807) is 10.7 Å². The second-order valence-corrected chi connectivity index (χ2v) is 8.96. The van der Waals surface area contributed by atoms with E-state index < -0.39 is 23.5 Å². The lowest BCUT2D eigenvalue weighted by Crippen LogP contribution is -2.52. The molecule has 1 aliphatic carbocycles. The Hall–Kier alpha value is -4.23. The molecule has 7 heteroatoms. The molecule has 0 saturated heterocycles. The van der Waals surface area contributed by atoms with E-state index in [4.69, 9.17) is 5.73 Å². The Morgan fingerprint density at radius 1 is 1.00 bits per heavy atom. The minimum Gasteiger partial charge on any atom is -0.381 e. The number of aliphatic hydroxyl groups is 1. The van der Waals surface area contributed by atoms with Crippen LogP contribution >= 0.6 is 0 Å². The number of hydrogen-bond donors (Lipinski definition) is 3. The Balaban J connectivity index is 1.44. The van der Waals surface area contributed by atoms with Gasteiger partial charge in [-0.1, -0.05) is 72.8 Å². The van der Waals surface area contributed by atoms with E-state index in [-0.39, 0.29) is 5.92 Å². The van der Waals surface area contributed by atoms with Crippen LogP contribution in [0.3, 0.4) is 0 Å². The van der Waals surface area contributed by atoms with Gasteiger partial charge in [0, 0.05) is 5.92 Å². The fourth-order valence-electron chi connectivity index (χ4n) is 4.70. The van der Waals surface area contributed by atoms with Gasteiger partial charge in [-0.3, -0.25) is 9.59 Å². The van der Waals surface area contributed by atoms with Gasteiger partial charge in [-0.25, -0.2) is 4.68 Å². The first-order chi connectivity index (χ1) is 16.9. The number of nitrogens with one attached hydrogen (secondary N) is 1. The molecule has 7 nitrogen and oxygen atoms in total. The molecule has 3 aromatic carbocycles. The second-order valence-electron chi connectivity index (χ2n) is 8.96. The molecule has 5 rings (SSSR count). The van der Waals surface area contributed by atoms with E-state index >= 15 is 0 Å². The van der Waals surface area contributed by atoms with Crippen molar-refractivity contribution in [2.24, 2.45) is 5.73 Å². The summed E-state index contributed by atoms with van der Waals surface area (Å²) in [6, 6.07) is 29.0. The molecule has 35 heavy (non-hydrogen) atoms. The lowest BCUT2D eigenvalue weighted by Gasteiger charge is -2.23. The standard InChI is InChI=1S/C28H26N4O3/c1-18-16-24(32(31-18)22-14-12-20(13-15-22)19-8-4-2-5-9-19)27(35)30-28(25(33)26(29)34)17-23(28)21-10-6-3-7-11-21/h2-16,23,25,33H,17H2,1H3,(H2,29,34)(H,30,35)/t23-,25?,28?/m0/s1. The lowest BCUT2D eigenvalue weighted by molar-refractivity contribution is -0.127. The number of benzene rings is 3. The van der Waals surface area contributed by atoms with Crippen molar-refractivity contribution in [3.05, 3.63) is 108 Å². The van der Waals surface area contributed by atoms with Crippen LogP contribution in [0.15, 0.2) is 91.0 Å². The van der Waals surface area contributed by atoms with Gasteiger partial charge < -0.3 is 16.2 Å². The van der Waals surface area contributed by atoms with E-state index in [2.05, 4.69) is 10.4 Å². The summed E-state index contributed by atoms with van der Waals surface area (Å²) in [4.78, 5) is 25.4. The highest BCUT2D eigenvalue weighted by atomic mass is 16.3. The Morgan fingerprint density at radius 2 is 1.60 bits per heavy atom. The molecule has 0 bridgehead atoms. The minimum absolute atomic E-state index is 0.224. The highest BCUT2D eigenvalue weighted by molar-refractivity contribution is 5.95. The molecule has 1 saturated carbocycles. The average Bonchev–Trinajstić information content (AvgIpc) is 3.48. The third-order valence-electron chi connectivity index (χ3n) is 6.59. The Labute approximate surface area is 203 Å². The number of nitrogens with zero attached hydrogens (tertiary/aromatic N) is 2. The van der Waals surface area contributed by atoms with Gasteiger partial charge in [-0.2, -0.15) is 5.10 Å². The molecule has 1 aliphatic rings. The van der Waals surface area contributed by atoms with Crippen LogP contribution in [-0.4, -0.2) is 38.3 Å². The molecule has 2 amide bonds. The Kier molecular flexibility index (Phi) is 5.70. The molecule has 176 valence electrons. The molecular formula is C28H26N4O3. The number of nitrogens with two attached hydrogens (primary N) is 1. The monoisotopic (exact) mass is 466 g/mol. The number of amides is 2. The summed E-state index contributed by atoms with van der Waals surface area (Å²) in [5.41, 5.74) is 9.06. The summed E-state index contributed by atoms with van der Waals surface area (Å²) in [6.45, 7) is 1.81. The lowest BCUT2D eigenvalue weighted by atomic mass is 10.0. The fraction of sp³-hybridized carbons (Fsp3) is 0.179. The van der Waals surface area contributed by atoms with Gasteiger partial charge in [0.1, 0.15) is 5.69 Å². The van der Waals surface area contributed by atoms with Crippen LogP contribution in [0.4, 0.5) is 0 Å². The second kappa shape index (κ2) is 8.85. The summed E-state index contributed by atoms with van der Waals surface area (Å²) in [5, 5.41) is 18.1. The molecule has 0 spiro atoms. The van der Waals surface area contributed by atoms with Gasteiger partial charge in [-0.15, -0.1) is 0 Å². The van der Waals surface area contributed by atoms with Crippen LogP contribution in [0, 0.1) is 6.92 Å². The van der Waals surface area contributed by atoms with Crippen LogP contribution in [0.5, 0.6) is 0 Å². The van der Waals surface area contributed by atoms with Crippen molar-refractivity contribution in [3.8, 4) is 16.8 Å². The van der Waals surface area contributed by atoms with Crippen molar-refractivity contribution >= 4 is 11.8 Å². The molecule has 0 aliphatic heterocycles. The quantitative estimate of drug-likeness (QED) is 0.388. The Bertz CT molecular complexity index is 1370. The van der Waals surface area contributed by atoms with Crippen molar-refractivity contribution in [3.63, 3.8) is 0 Å². The molecule has 3 atom stereocenters. The molecule has 1 heterocycles. The Morgan fingerprint density at radius 3 is 2.23 bits per heavy atom. The first kappa shape index (κ1) is 22.6. The van der Waals surface area contributed by atoms with Gasteiger partial charge in [0.05, 0.1) is 16.9 Å². The number of carbonyl (C=O) groups excluding carboxylic acids is 2. The van der Waals surface area contributed by atoms with Crippen LogP contribution in [-0.2, 0) is 4.79 Å². The van der Waals surface area contributed by atoms with Crippen molar-refractivity contribution in [2.75, 3.05) is 0 Å². The van der Waals surface area contributed by atoms with E-state index in [1.165, 1.54) is 0 Å². The number of carbonyl (C=O) groups is 2. The van der Waals surface area contributed by atoms with E-state index in [0.717, 1.165) is 22.4 Å². The third-order valence-corrected chi connectivity index (χ3v) is 6.59. The molecule has 4 aromatic rings. The molecule has 2 unspecified atom stereocenters. The van der Waals surface area contributed by atoms with Gasteiger partial charge in [-0.05, 0) is 48.2 Å². The van der Waals surface area contributed by atoms with Gasteiger partial charge in [0.15, 0.2) is 6.10 Å². The zero-order valence-electron chi connectivity index (χ0n) is 19.3. The highest BCUT2D eigenvalue weighted by Crippen LogP contribution is 2.53. The summed E-state index contributed by atoms with van der Waals surface area (Å²) >= 11 is 0. The predicted molar refractivity (Wildman–Crippen MR) is 133 cm³/mol. The van der Waals surface area contributed by atoms with Crippen LogP contribution in [0.1, 0.15) is 34.1 Å². The van der Waals surface area contributed by atoms with Gasteiger partial charge in [0.25, 0.3) is 5.91 Å². The number of aromatic nitrogens is 2. The van der Waals surface area contributed by atoms with E-state index in [0.29, 0.717) is 17.8 Å². The zero-order valence-corrected chi connectivity index (χ0v) is 19.3. The van der Waals surface area contributed by atoms with Crippen molar-refractivity contribution in [1.29, 1.82) is 0 Å². The van der Waals surface area contributed by atoms with Crippen molar-refractivity contribution in [2.45, 2.75) is 30.9 Å². The molecule has 1 fully saturated rings. The summed E-state index contributed by atoms with van der Waals surface area (Å²) in [7, 11) is 0. The van der Waals surface area contributed by atoms with Crippen molar-refractivity contribution < 1.29 is 14.7 Å². The number of hydrogen-bond acceptors (Lipinski definition) is 4. The first-order valence-electron chi connectivity index (χ1n) is 11.5. The number of primary amides is 1. The largest absolute Gasteiger partial charge is 0.381 e. The van der Waals surface area contributed by atoms with Gasteiger partial charge >= 0.3 is 0 Å². The number of rotatable bonds is 7. The maximum atomic E-state index is 13.5. The fourth-order valence-corrected chi connectivity index (χ4v) is 4.70. The van der Waals surface area contributed by atoms with Crippen LogP contribution < -0.4 is 11.1 Å². The SMILES string of the molecule is Cc1cc(C(=O)NC2(C(O)C(N)=O)C[C@H]2c2ccccc2)n(-c2ccc(-c3ccccc3)cc2)n1. The molecule has 1 aromatic heterocycles. The van der Waals surface area contributed by atoms with Crippen LogP contribution in [0.25, 0.3) is 16.8 Å². The van der Waals surface area contributed by atoms with E-state index in [1.807, 2.05) is 91.9 Å². The number of aryl methyl sites for hydroxylation is 1.